The highest BCUT2D eigenvalue weighted by molar-refractivity contribution is 6.66. The van der Waals surface area contributed by atoms with Gasteiger partial charge in [-0.1, -0.05) is 11.6 Å². The van der Waals surface area contributed by atoms with Crippen LogP contribution in [0.25, 0.3) is 0 Å². The zero-order chi connectivity index (χ0) is 32.4. The quantitative estimate of drug-likeness (QED) is 0.298. The third-order valence-electron chi connectivity index (χ3n) is 8.11. The molecule has 15 heteroatoms. The first-order valence-corrected chi connectivity index (χ1v) is 13.3. The van der Waals surface area contributed by atoms with E-state index in [0.717, 1.165) is 12.1 Å². The summed E-state index contributed by atoms with van der Waals surface area (Å²) in [6.07, 6.45) is -9.09. The summed E-state index contributed by atoms with van der Waals surface area (Å²) in [4.78, 5) is 0. The second-order valence-corrected chi connectivity index (χ2v) is 12.7. The van der Waals surface area contributed by atoms with Crippen LogP contribution in [0.2, 0.25) is 5.02 Å². The normalized spacial score (nSPS) is 20.9. The number of hydrogen-bond donors (Lipinski definition) is 2. The van der Waals surface area contributed by atoms with Crippen LogP contribution in [0.1, 0.15) is 72.1 Å². The van der Waals surface area contributed by atoms with Crippen LogP contribution >= 0.6 is 11.6 Å². The second-order valence-electron chi connectivity index (χ2n) is 12.3. The first-order valence-electron chi connectivity index (χ1n) is 12.9. The molecule has 2 saturated heterocycles. The second kappa shape index (κ2) is 10.8. The molecule has 0 unspecified atom stereocenters. The van der Waals surface area contributed by atoms with Crippen molar-refractivity contribution in [3.63, 3.8) is 0 Å². The van der Waals surface area contributed by atoms with E-state index in [9.17, 15) is 36.6 Å². The van der Waals surface area contributed by atoms with E-state index >= 15 is 0 Å². The van der Waals surface area contributed by atoms with Crippen LogP contribution in [0, 0.1) is 6.92 Å². The molecule has 232 valence electrons. The Morgan fingerprint density at radius 2 is 0.905 bits per heavy atom. The number of benzene rings is 2. The lowest BCUT2D eigenvalue weighted by atomic mass is 9.75. The first kappa shape index (κ1) is 34.4. The van der Waals surface area contributed by atoms with Gasteiger partial charge >= 0.3 is 26.6 Å². The van der Waals surface area contributed by atoms with Gasteiger partial charge in [0.15, 0.2) is 0 Å². The van der Waals surface area contributed by atoms with Crippen molar-refractivity contribution < 1.29 is 55.2 Å². The number of halogens is 7. The fraction of sp³-hybridized carbons (Fsp3) is 0.556. The topological polar surface area (TPSA) is 77.4 Å². The standard InChI is InChI=1S/C14H18BF3O3.C13H15BClF3O3/c1-8-6-9(14(16,17)18)7-10(19)11(8)15-20-12(2,3)13(4,5)21-15;1-11(2)12(3,4)21-14(20-11)10-8(15)5-7(6-9(10)19)13(16,17)18/h6-7,19H,1-5H3;5-6,19H,1-4H3. The SMILES string of the molecule is CC1(C)OB(c2c(O)cc(C(F)(F)F)cc2Cl)OC1(C)C.Cc1cc(C(F)(F)F)cc(O)c1B1OC(C)(C)C(C)(C)O1. The van der Waals surface area contributed by atoms with E-state index < -0.39 is 71.6 Å². The average Bonchev–Trinajstić information content (AvgIpc) is 3.10. The van der Waals surface area contributed by atoms with Crippen LogP contribution in [-0.2, 0) is 31.0 Å². The molecule has 2 aromatic rings. The minimum atomic E-state index is -4.59. The van der Waals surface area contributed by atoms with E-state index in [4.69, 9.17) is 30.2 Å². The van der Waals surface area contributed by atoms with E-state index in [2.05, 4.69) is 0 Å². The molecule has 0 spiro atoms. The number of hydrogen-bond acceptors (Lipinski definition) is 6. The van der Waals surface area contributed by atoms with Crippen LogP contribution in [0.3, 0.4) is 0 Å². The summed E-state index contributed by atoms with van der Waals surface area (Å²) < 4.78 is 99.1. The molecule has 2 aliphatic heterocycles. The van der Waals surface area contributed by atoms with E-state index in [1.54, 1.807) is 27.7 Å². The summed E-state index contributed by atoms with van der Waals surface area (Å²) in [6, 6.07) is 3.06. The summed E-state index contributed by atoms with van der Waals surface area (Å²) in [5, 5.41) is 19.6. The van der Waals surface area contributed by atoms with Gasteiger partial charge in [0, 0.05) is 15.9 Å². The number of alkyl halides is 6. The minimum Gasteiger partial charge on any atom is -0.508 e. The van der Waals surface area contributed by atoms with Gasteiger partial charge in [0.1, 0.15) is 11.5 Å². The Bertz CT molecular complexity index is 1160. The zero-order valence-electron chi connectivity index (χ0n) is 24.6. The summed E-state index contributed by atoms with van der Waals surface area (Å²) >= 11 is 5.89. The van der Waals surface area contributed by atoms with Gasteiger partial charge in [-0.15, -0.1) is 0 Å². The highest BCUT2D eigenvalue weighted by Gasteiger charge is 2.54. The Hall–Kier alpha value is -2.12. The van der Waals surface area contributed by atoms with Gasteiger partial charge in [0.05, 0.1) is 33.5 Å². The molecule has 0 aromatic heterocycles. The van der Waals surface area contributed by atoms with Crippen LogP contribution in [0.5, 0.6) is 11.5 Å². The average molecular weight is 625 g/mol. The van der Waals surface area contributed by atoms with Gasteiger partial charge in [0.2, 0.25) is 0 Å². The van der Waals surface area contributed by atoms with E-state index in [1.807, 2.05) is 27.7 Å². The van der Waals surface area contributed by atoms with Gasteiger partial charge in [-0.05, 0) is 92.1 Å². The Kier molecular flexibility index (Phi) is 8.84. The summed E-state index contributed by atoms with van der Waals surface area (Å²) in [6.45, 7) is 16.0. The Morgan fingerprint density at radius 1 is 0.595 bits per heavy atom. The van der Waals surface area contributed by atoms with Crippen molar-refractivity contribution in [3.05, 3.63) is 46.0 Å². The molecule has 0 atom stereocenters. The zero-order valence-corrected chi connectivity index (χ0v) is 25.4. The van der Waals surface area contributed by atoms with E-state index in [-0.39, 0.29) is 21.5 Å². The minimum absolute atomic E-state index is 0.00307. The number of aryl methyl sites for hydroxylation is 1. The molecule has 2 aliphatic rings. The molecule has 0 amide bonds. The predicted octanol–water partition coefficient (Wildman–Crippen LogP) is 6.38. The lowest BCUT2D eigenvalue weighted by molar-refractivity contribution is -0.138. The maximum Gasteiger partial charge on any atom is 0.500 e. The monoisotopic (exact) mass is 624 g/mol. The molecule has 2 heterocycles. The molecule has 2 aromatic carbocycles. The van der Waals surface area contributed by atoms with Crippen LogP contribution in [0.4, 0.5) is 26.3 Å². The molecule has 0 radical (unpaired) electrons. The van der Waals surface area contributed by atoms with Gasteiger partial charge < -0.3 is 28.8 Å². The third kappa shape index (κ3) is 6.67. The summed E-state index contributed by atoms with van der Waals surface area (Å²) in [7, 11) is -1.91. The van der Waals surface area contributed by atoms with Gasteiger partial charge in [-0.2, -0.15) is 26.3 Å². The van der Waals surface area contributed by atoms with E-state index in [0.29, 0.717) is 12.1 Å². The highest BCUT2D eigenvalue weighted by Crippen LogP contribution is 2.40. The molecular formula is C27H33B2ClF6O6. The molecule has 0 bridgehead atoms. The fourth-order valence-electron chi connectivity index (χ4n) is 4.17. The van der Waals surface area contributed by atoms with Gasteiger partial charge in [0.25, 0.3) is 0 Å². The Labute approximate surface area is 246 Å². The van der Waals surface area contributed by atoms with Crippen LogP contribution < -0.4 is 10.9 Å². The molecule has 4 rings (SSSR count). The number of phenols is 2. The van der Waals surface area contributed by atoms with E-state index in [1.165, 1.54) is 6.92 Å². The number of aromatic hydroxyl groups is 2. The van der Waals surface area contributed by atoms with Crippen LogP contribution in [-0.4, -0.2) is 46.9 Å². The fourth-order valence-corrected chi connectivity index (χ4v) is 4.48. The number of rotatable bonds is 2. The van der Waals surface area contributed by atoms with Crippen LogP contribution in [0.15, 0.2) is 24.3 Å². The Balaban J connectivity index is 0.000000230. The van der Waals surface area contributed by atoms with Crippen molar-refractivity contribution in [2.45, 2.75) is 97.1 Å². The molecule has 0 aliphatic carbocycles. The highest BCUT2D eigenvalue weighted by atomic mass is 35.5. The first-order chi connectivity index (χ1) is 18.7. The van der Waals surface area contributed by atoms with Crippen molar-refractivity contribution in [3.8, 4) is 11.5 Å². The van der Waals surface area contributed by atoms with Crippen molar-refractivity contribution in [2.24, 2.45) is 0 Å². The van der Waals surface area contributed by atoms with Crippen molar-refractivity contribution >= 4 is 36.8 Å². The lowest BCUT2D eigenvalue weighted by Crippen LogP contribution is -2.41. The summed E-state index contributed by atoms with van der Waals surface area (Å²) in [5.41, 5.74) is -4.01. The lowest BCUT2D eigenvalue weighted by Gasteiger charge is -2.32. The van der Waals surface area contributed by atoms with Crippen molar-refractivity contribution in [1.29, 1.82) is 0 Å². The molecule has 0 saturated carbocycles. The molecule has 2 N–H and O–H groups in total. The molecule has 2 fully saturated rings. The number of phenolic OH excluding ortho intramolecular Hbond substituents is 2. The van der Waals surface area contributed by atoms with Crippen molar-refractivity contribution in [1.82, 2.24) is 0 Å². The largest absolute Gasteiger partial charge is 0.508 e. The summed E-state index contributed by atoms with van der Waals surface area (Å²) in [5.74, 6) is -1.07. The van der Waals surface area contributed by atoms with Crippen molar-refractivity contribution in [2.75, 3.05) is 0 Å². The molecule has 6 nitrogen and oxygen atoms in total. The molecular weight excluding hydrogens is 591 g/mol. The van der Waals surface area contributed by atoms with Gasteiger partial charge in [-0.3, -0.25) is 0 Å². The smallest absolute Gasteiger partial charge is 0.500 e. The maximum absolute atomic E-state index is 12.7. The third-order valence-corrected chi connectivity index (χ3v) is 8.42. The Morgan fingerprint density at radius 3 is 1.21 bits per heavy atom. The molecule has 42 heavy (non-hydrogen) atoms. The maximum atomic E-state index is 12.7. The predicted molar refractivity (Wildman–Crippen MR) is 147 cm³/mol. The van der Waals surface area contributed by atoms with Gasteiger partial charge in [-0.25, -0.2) is 0 Å².